The summed E-state index contributed by atoms with van der Waals surface area (Å²) in [4.78, 5) is 1.27. The molecule has 1 N–H and O–H groups in total. The molecule has 2 atom stereocenters. The summed E-state index contributed by atoms with van der Waals surface area (Å²) in [5.74, 6) is 0. The van der Waals surface area contributed by atoms with E-state index < -0.39 is 0 Å². The van der Waals surface area contributed by atoms with E-state index in [9.17, 15) is 5.73 Å². The van der Waals surface area contributed by atoms with Crippen molar-refractivity contribution >= 4 is 17.4 Å². The summed E-state index contributed by atoms with van der Waals surface area (Å²) in [6.45, 7) is 0. The van der Waals surface area contributed by atoms with Gasteiger partial charge in [-0.2, -0.15) is 0 Å². The van der Waals surface area contributed by atoms with Gasteiger partial charge in [0.2, 0.25) is 0 Å². The molecule has 1 saturated heterocycles. The summed E-state index contributed by atoms with van der Waals surface area (Å²) in [6, 6.07) is 4.48. The summed E-state index contributed by atoms with van der Waals surface area (Å²) in [7, 11) is 0. The predicted octanol–water partition coefficient (Wildman–Crippen LogP) is 2.69. The molecule has 80 valence electrons. The molecule has 1 aromatic rings. The highest BCUT2D eigenvalue weighted by molar-refractivity contribution is 7.10. The first-order valence-corrected chi connectivity index (χ1v) is 6.38. The Labute approximate surface area is 95.2 Å². The van der Waals surface area contributed by atoms with E-state index in [1.165, 1.54) is 11.3 Å². The first-order chi connectivity index (χ1) is 7.34. The second-order valence-corrected chi connectivity index (χ2v) is 4.93. The normalized spacial score (nSPS) is 28.1. The zero-order chi connectivity index (χ0) is 10.5. The van der Waals surface area contributed by atoms with Crippen molar-refractivity contribution in [3.8, 4) is 0 Å². The maximum absolute atomic E-state index is 9.57. The predicted molar refractivity (Wildman–Crippen MR) is 64.7 cm³/mol. The second kappa shape index (κ2) is 5.45. The van der Waals surface area contributed by atoms with Crippen LogP contribution in [0.3, 0.4) is 0 Å². The fourth-order valence-corrected chi connectivity index (χ4v) is 2.49. The Kier molecular flexibility index (Phi) is 3.94. The lowest BCUT2D eigenvalue weighted by molar-refractivity contribution is 0.474. The van der Waals surface area contributed by atoms with E-state index in [2.05, 4.69) is 35.0 Å². The number of rotatable bonds is 2. The molecular weight excluding hydrogens is 204 g/mol. The van der Waals surface area contributed by atoms with Gasteiger partial charge in [-0.05, 0) is 30.4 Å². The Balaban J connectivity index is 1.92. The molecule has 3 heteroatoms. The Hall–Kier alpha value is -0.640. The molecule has 15 heavy (non-hydrogen) atoms. The standard InChI is InChI=1S/C12H16N2S/c13-12-6-2-1-4-10(14-12)7-8-11-5-3-9-15-11/h3,5,7-10,12,14H,1-2,4,6H2. The van der Waals surface area contributed by atoms with E-state index in [1.807, 2.05) is 0 Å². The van der Waals surface area contributed by atoms with Gasteiger partial charge in [-0.1, -0.05) is 25.0 Å². The van der Waals surface area contributed by atoms with Crippen LogP contribution in [0.15, 0.2) is 23.6 Å². The molecule has 0 spiro atoms. The van der Waals surface area contributed by atoms with Gasteiger partial charge in [0.05, 0.1) is 6.17 Å². The van der Waals surface area contributed by atoms with Crippen LogP contribution in [0.4, 0.5) is 0 Å². The summed E-state index contributed by atoms with van der Waals surface area (Å²) < 4.78 is 0. The minimum atomic E-state index is -0.328. The minimum absolute atomic E-state index is 0.324. The second-order valence-electron chi connectivity index (χ2n) is 3.95. The number of hydrogen-bond donors (Lipinski definition) is 1. The van der Waals surface area contributed by atoms with Crippen molar-refractivity contribution in [2.75, 3.05) is 0 Å². The van der Waals surface area contributed by atoms with Gasteiger partial charge in [-0.3, -0.25) is 5.32 Å². The topological polar surface area (TPSA) is 34.3 Å². The molecule has 2 heterocycles. The third kappa shape index (κ3) is 3.45. The highest BCUT2D eigenvalue weighted by atomic mass is 32.1. The minimum Gasteiger partial charge on any atom is -0.293 e. The van der Waals surface area contributed by atoms with E-state index in [0.717, 1.165) is 19.3 Å². The molecular formula is C12H16N2S. The van der Waals surface area contributed by atoms with Gasteiger partial charge in [0.15, 0.2) is 0 Å². The highest BCUT2D eigenvalue weighted by Crippen LogP contribution is 2.15. The SMILES string of the molecule is [N]C1CCCCC(C=Cc2cccs2)N1. The Morgan fingerprint density at radius 2 is 2.27 bits per heavy atom. The fourth-order valence-electron chi connectivity index (χ4n) is 1.86. The molecule has 2 radical (unpaired) electrons. The lowest BCUT2D eigenvalue weighted by atomic mass is 10.1. The molecule has 2 unspecified atom stereocenters. The van der Waals surface area contributed by atoms with Crippen LogP contribution in [0.25, 0.3) is 6.08 Å². The number of nitrogens with zero attached hydrogens (tertiary/aromatic N) is 1. The maximum Gasteiger partial charge on any atom is 0.0930 e. The number of thiophene rings is 1. The van der Waals surface area contributed by atoms with Crippen molar-refractivity contribution < 1.29 is 0 Å². The average molecular weight is 220 g/mol. The Bertz CT molecular complexity index is 305. The maximum atomic E-state index is 9.57. The van der Waals surface area contributed by atoms with E-state index in [-0.39, 0.29) is 6.17 Å². The third-order valence-corrected chi connectivity index (χ3v) is 3.52. The van der Waals surface area contributed by atoms with Gasteiger partial charge < -0.3 is 0 Å². The van der Waals surface area contributed by atoms with Crippen LogP contribution in [-0.4, -0.2) is 12.2 Å². The monoisotopic (exact) mass is 220 g/mol. The molecule has 0 aliphatic carbocycles. The molecule has 1 aliphatic heterocycles. The number of nitrogens with one attached hydrogen (secondary N) is 1. The molecule has 1 aliphatic rings. The molecule has 2 nitrogen and oxygen atoms in total. The van der Waals surface area contributed by atoms with E-state index >= 15 is 0 Å². The van der Waals surface area contributed by atoms with E-state index in [4.69, 9.17) is 0 Å². The lowest BCUT2D eigenvalue weighted by Gasteiger charge is -2.13. The van der Waals surface area contributed by atoms with Crippen molar-refractivity contribution in [2.45, 2.75) is 37.9 Å². The van der Waals surface area contributed by atoms with Crippen LogP contribution in [0.2, 0.25) is 0 Å². The molecule has 0 saturated carbocycles. The highest BCUT2D eigenvalue weighted by Gasteiger charge is 2.14. The van der Waals surface area contributed by atoms with Crippen LogP contribution in [0.5, 0.6) is 0 Å². The van der Waals surface area contributed by atoms with Crippen LogP contribution in [0, 0.1) is 0 Å². The van der Waals surface area contributed by atoms with Gasteiger partial charge in [0.1, 0.15) is 0 Å². The zero-order valence-electron chi connectivity index (χ0n) is 8.73. The molecule has 0 amide bonds. The average Bonchev–Trinajstić information content (AvgIpc) is 2.65. The molecule has 2 rings (SSSR count). The first kappa shape index (κ1) is 10.9. The van der Waals surface area contributed by atoms with Crippen molar-refractivity contribution in [1.29, 1.82) is 0 Å². The summed E-state index contributed by atoms with van der Waals surface area (Å²) in [5, 5.41) is 5.29. The van der Waals surface area contributed by atoms with Crippen molar-refractivity contribution in [2.24, 2.45) is 0 Å². The fraction of sp³-hybridized carbons (Fsp3) is 0.500. The molecule has 1 aromatic heterocycles. The van der Waals surface area contributed by atoms with Gasteiger partial charge in [0.25, 0.3) is 0 Å². The van der Waals surface area contributed by atoms with Gasteiger partial charge in [0, 0.05) is 10.9 Å². The summed E-state index contributed by atoms with van der Waals surface area (Å²) in [5.41, 5.74) is 9.57. The van der Waals surface area contributed by atoms with Crippen molar-refractivity contribution in [3.05, 3.63) is 28.5 Å². The van der Waals surface area contributed by atoms with Crippen molar-refractivity contribution in [1.82, 2.24) is 11.1 Å². The smallest absolute Gasteiger partial charge is 0.0930 e. The quantitative estimate of drug-likeness (QED) is 0.817. The molecule has 1 fully saturated rings. The van der Waals surface area contributed by atoms with Crippen LogP contribution in [0.1, 0.15) is 30.6 Å². The van der Waals surface area contributed by atoms with Crippen LogP contribution in [-0.2, 0) is 0 Å². The van der Waals surface area contributed by atoms with E-state index in [0.29, 0.717) is 6.04 Å². The Morgan fingerprint density at radius 1 is 1.40 bits per heavy atom. The molecule has 0 aromatic carbocycles. The van der Waals surface area contributed by atoms with Gasteiger partial charge in [-0.25, -0.2) is 0 Å². The van der Waals surface area contributed by atoms with Gasteiger partial charge in [-0.15, -0.1) is 17.1 Å². The summed E-state index contributed by atoms with van der Waals surface area (Å²) >= 11 is 1.74. The van der Waals surface area contributed by atoms with E-state index in [1.54, 1.807) is 11.3 Å². The van der Waals surface area contributed by atoms with Crippen LogP contribution < -0.4 is 11.1 Å². The summed E-state index contributed by atoms with van der Waals surface area (Å²) in [6.07, 6.45) is 8.30. The lowest BCUT2D eigenvalue weighted by Crippen LogP contribution is -2.36. The molecule has 0 bridgehead atoms. The first-order valence-electron chi connectivity index (χ1n) is 5.50. The van der Waals surface area contributed by atoms with Crippen molar-refractivity contribution in [3.63, 3.8) is 0 Å². The zero-order valence-corrected chi connectivity index (χ0v) is 9.54. The van der Waals surface area contributed by atoms with Crippen LogP contribution >= 0.6 is 11.3 Å². The third-order valence-electron chi connectivity index (χ3n) is 2.69. The largest absolute Gasteiger partial charge is 0.293 e. The number of hydrogen-bond acceptors (Lipinski definition) is 2. The van der Waals surface area contributed by atoms with Gasteiger partial charge >= 0.3 is 0 Å². The Morgan fingerprint density at radius 3 is 3.07 bits per heavy atom.